The van der Waals surface area contributed by atoms with Gasteiger partial charge in [0.1, 0.15) is 17.9 Å². The molecule has 1 heterocycles. The lowest BCUT2D eigenvalue weighted by Crippen LogP contribution is -2.41. The fourth-order valence-electron chi connectivity index (χ4n) is 1.42. The number of amides is 3. The summed E-state index contributed by atoms with van der Waals surface area (Å²) in [7, 11) is 0. The first-order chi connectivity index (χ1) is 7.99. The summed E-state index contributed by atoms with van der Waals surface area (Å²) in [6.45, 7) is 0. The molecule has 3 amide bonds. The number of hydrogen-bond acceptors (Lipinski definition) is 5. The van der Waals surface area contributed by atoms with E-state index in [-0.39, 0.29) is 17.1 Å². The van der Waals surface area contributed by atoms with Crippen LogP contribution in [0.25, 0.3) is 0 Å². The molecule has 0 saturated carbocycles. The number of benzene rings is 1. The molecule has 0 aromatic heterocycles. The number of carbonyl (C=O) groups is 3. The van der Waals surface area contributed by atoms with Crippen LogP contribution in [0.2, 0.25) is 0 Å². The zero-order chi connectivity index (χ0) is 12.6. The second kappa shape index (κ2) is 3.78. The molecule has 0 bridgehead atoms. The Morgan fingerprint density at radius 2 is 2.00 bits per heavy atom. The lowest BCUT2D eigenvalue weighted by Gasteiger charge is -2.13. The summed E-state index contributed by atoms with van der Waals surface area (Å²) < 4.78 is 0. The highest BCUT2D eigenvalue weighted by molar-refractivity contribution is 6.14. The Bertz CT molecular complexity index is 525. The number of imide groups is 1. The summed E-state index contributed by atoms with van der Waals surface area (Å²) in [4.78, 5) is 34.0. The van der Waals surface area contributed by atoms with E-state index in [4.69, 9.17) is 0 Å². The van der Waals surface area contributed by atoms with E-state index < -0.39 is 24.1 Å². The second-order valence-corrected chi connectivity index (χ2v) is 3.45. The molecule has 0 aliphatic carbocycles. The molecular formula is C10H8N2O5. The Kier molecular flexibility index (Phi) is 2.43. The van der Waals surface area contributed by atoms with Gasteiger partial charge >= 0.3 is 0 Å². The van der Waals surface area contributed by atoms with Crippen molar-refractivity contribution >= 4 is 17.7 Å². The van der Waals surface area contributed by atoms with Crippen LogP contribution in [0.3, 0.4) is 0 Å². The molecule has 1 saturated heterocycles. The molecular weight excluding hydrogens is 228 g/mol. The van der Waals surface area contributed by atoms with Crippen molar-refractivity contribution in [3.05, 3.63) is 23.8 Å². The number of nitrogens with one attached hydrogen (secondary N) is 1. The fraction of sp³-hybridized carbons (Fsp3) is 0.100. The van der Waals surface area contributed by atoms with Crippen LogP contribution in [0.15, 0.2) is 18.2 Å². The highest BCUT2D eigenvalue weighted by atomic mass is 16.3. The number of carbonyl (C=O) groups excluding carboxylic acids is 3. The standard InChI is InChI=1S/C10H8N2O5/c13-5-1-2-7(14)6(3-5)10(17)12-9(16)4-8(15)11-12/h1-3,13-14H,4H2,(H,11,15). The van der Waals surface area contributed by atoms with E-state index in [0.29, 0.717) is 5.01 Å². The Morgan fingerprint density at radius 3 is 2.59 bits per heavy atom. The number of phenolic OH excluding ortho intramolecular Hbond substituents is 2. The quantitative estimate of drug-likeness (QED) is 0.346. The summed E-state index contributed by atoms with van der Waals surface area (Å²) in [5, 5.41) is 19.1. The summed E-state index contributed by atoms with van der Waals surface area (Å²) in [6, 6.07) is 3.32. The topological polar surface area (TPSA) is 107 Å². The van der Waals surface area contributed by atoms with Crippen LogP contribution in [-0.2, 0) is 9.59 Å². The average molecular weight is 236 g/mol. The molecule has 0 radical (unpaired) electrons. The maximum Gasteiger partial charge on any atom is 0.283 e. The SMILES string of the molecule is O=C1CC(=O)N(C(=O)c2cc(O)ccc2O)N1. The van der Waals surface area contributed by atoms with Gasteiger partial charge in [-0.2, -0.15) is 5.01 Å². The van der Waals surface area contributed by atoms with Gasteiger partial charge in [-0.1, -0.05) is 0 Å². The molecule has 7 heteroatoms. The zero-order valence-corrected chi connectivity index (χ0v) is 8.51. The maximum atomic E-state index is 11.8. The smallest absolute Gasteiger partial charge is 0.283 e. The van der Waals surface area contributed by atoms with Crippen LogP contribution in [0.4, 0.5) is 0 Å². The van der Waals surface area contributed by atoms with Gasteiger partial charge in [0.25, 0.3) is 11.8 Å². The van der Waals surface area contributed by atoms with E-state index in [1.807, 2.05) is 0 Å². The normalized spacial score (nSPS) is 14.9. The molecule has 1 aliphatic rings. The Hall–Kier alpha value is -2.57. The minimum Gasteiger partial charge on any atom is -0.508 e. The van der Waals surface area contributed by atoms with Gasteiger partial charge in [-0.15, -0.1) is 0 Å². The molecule has 1 fully saturated rings. The average Bonchev–Trinajstić information content (AvgIpc) is 2.60. The third kappa shape index (κ3) is 1.89. The van der Waals surface area contributed by atoms with Gasteiger partial charge in [-0.3, -0.25) is 19.8 Å². The van der Waals surface area contributed by atoms with E-state index in [1.54, 1.807) is 0 Å². The largest absolute Gasteiger partial charge is 0.508 e. The molecule has 88 valence electrons. The Labute approximate surface area is 95.2 Å². The van der Waals surface area contributed by atoms with Crippen LogP contribution >= 0.6 is 0 Å². The van der Waals surface area contributed by atoms with Crippen molar-refractivity contribution < 1.29 is 24.6 Å². The van der Waals surface area contributed by atoms with Crippen molar-refractivity contribution in [2.24, 2.45) is 0 Å². The number of aromatic hydroxyl groups is 2. The minimum absolute atomic E-state index is 0.232. The van der Waals surface area contributed by atoms with E-state index >= 15 is 0 Å². The van der Waals surface area contributed by atoms with E-state index in [2.05, 4.69) is 5.43 Å². The second-order valence-electron chi connectivity index (χ2n) is 3.45. The van der Waals surface area contributed by atoms with Gasteiger partial charge < -0.3 is 10.2 Å². The number of hydrazine groups is 1. The molecule has 1 aliphatic heterocycles. The van der Waals surface area contributed by atoms with Crippen molar-refractivity contribution in [3.8, 4) is 11.5 Å². The van der Waals surface area contributed by atoms with Gasteiger partial charge in [-0.05, 0) is 18.2 Å². The van der Waals surface area contributed by atoms with E-state index in [0.717, 1.165) is 12.1 Å². The first-order valence-electron chi connectivity index (χ1n) is 4.68. The predicted octanol–water partition coefficient (Wildman–Crippen LogP) is -0.498. The predicted molar refractivity (Wildman–Crippen MR) is 53.7 cm³/mol. The number of nitrogens with zero attached hydrogens (tertiary/aromatic N) is 1. The van der Waals surface area contributed by atoms with Gasteiger partial charge in [0, 0.05) is 0 Å². The van der Waals surface area contributed by atoms with Crippen LogP contribution in [0.5, 0.6) is 11.5 Å². The minimum atomic E-state index is -0.894. The van der Waals surface area contributed by atoms with Crippen LogP contribution in [0.1, 0.15) is 16.8 Å². The molecule has 0 atom stereocenters. The third-order valence-corrected chi connectivity index (χ3v) is 2.21. The van der Waals surface area contributed by atoms with Crippen LogP contribution in [-0.4, -0.2) is 32.9 Å². The van der Waals surface area contributed by atoms with E-state index in [1.165, 1.54) is 6.07 Å². The van der Waals surface area contributed by atoms with Crippen molar-refractivity contribution in [2.45, 2.75) is 6.42 Å². The summed E-state index contributed by atoms with van der Waals surface area (Å²) in [5.41, 5.74) is 1.79. The molecule has 0 unspecified atom stereocenters. The first kappa shape index (κ1) is 10.9. The van der Waals surface area contributed by atoms with Gasteiger partial charge in [-0.25, -0.2) is 0 Å². The van der Waals surface area contributed by atoms with Crippen LogP contribution < -0.4 is 5.43 Å². The van der Waals surface area contributed by atoms with Crippen molar-refractivity contribution in [3.63, 3.8) is 0 Å². The Morgan fingerprint density at radius 1 is 1.29 bits per heavy atom. The number of hydrogen-bond donors (Lipinski definition) is 3. The highest BCUT2D eigenvalue weighted by Gasteiger charge is 2.33. The lowest BCUT2D eigenvalue weighted by atomic mass is 10.1. The highest BCUT2D eigenvalue weighted by Crippen LogP contribution is 2.23. The van der Waals surface area contributed by atoms with Crippen molar-refractivity contribution in [1.29, 1.82) is 0 Å². The number of rotatable bonds is 1. The molecule has 7 nitrogen and oxygen atoms in total. The monoisotopic (exact) mass is 236 g/mol. The number of phenols is 2. The molecule has 3 N–H and O–H groups in total. The summed E-state index contributed by atoms with van der Waals surface area (Å²) in [5.74, 6) is -2.81. The first-order valence-corrected chi connectivity index (χ1v) is 4.68. The molecule has 17 heavy (non-hydrogen) atoms. The molecule has 1 aromatic rings. The summed E-state index contributed by atoms with van der Waals surface area (Å²) >= 11 is 0. The maximum absolute atomic E-state index is 11.8. The third-order valence-electron chi connectivity index (χ3n) is 2.21. The van der Waals surface area contributed by atoms with Crippen molar-refractivity contribution in [2.75, 3.05) is 0 Å². The molecule has 0 spiro atoms. The zero-order valence-electron chi connectivity index (χ0n) is 8.51. The van der Waals surface area contributed by atoms with E-state index in [9.17, 15) is 24.6 Å². The van der Waals surface area contributed by atoms with Gasteiger partial charge in [0.15, 0.2) is 0 Å². The molecule has 1 aromatic carbocycles. The van der Waals surface area contributed by atoms with Gasteiger partial charge in [0.05, 0.1) is 5.56 Å². The molecule has 2 rings (SSSR count). The fourth-order valence-corrected chi connectivity index (χ4v) is 1.42. The Balaban J connectivity index is 2.34. The lowest BCUT2D eigenvalue weighted by molar-refractivity contribution is -0.126. The van der Waals surface area contributed by atoms with Gasteiger partial charge in [0.2, 0.25) is 5.91 Å². The van der Waals surface area contributed by atoms with Crippen LogP contribution in [0, 0.1) is 0 Å². The summed E-state index contributed by atoms with van der Waals surface area (Å²) in [6.07, 6.45) is -0.411. The van der Waals surface area contributed by atoms with Crippen molar-refractivity contribution in [1.82, 2.24) is 10.4 Å².